The molecular weight excluding hydrogens is 292 g/mol. The number of unbranched alkanes of at least 4 members (excludes halogenated alkanes) is 9. The second-order valence-electron chi connectivity index (χ2n) is 4.88. The van der Waals surface area contributed by atoms with Crippen LogP contribution in [0, 0.1) is 0 Å². The van der Waals surface area contributed by atoms with Crippen LogP contribution in [0.4, 0.5) is 0 Å². The van der Waals surface area contributed by atoms with E-state index in [9.17, 15) is 9.59 Å². The third-order valence-corrected chi connectivity index (χ3v) is 3.12. The van der Waals surface area contributed by atoms with E-state index < -0.39 is 11.9 Å². The molecule has 0 atom stereocenters. The first-order valence-electron chi connectivity index (χ1n) is 7.74. The molecule has 0 radical (unpaired) electrons. The Kier molecular flexibility index (Phi) is 20.1. The second-order valence-corrected chi connectivity index (χ2v) is 5.26. The fourth-order valence-corrected chi connectivity index (χ4v) is 1.91. The molecule has 0 saturated carbocycles. The normalized spacial score (nSPS) is 10.2. The Morgan fingerprint density at radius 3 is 1.38 bits per heavy atom. The van der Waals surface area contributed by atoms with E-state index in [1.165, 1.54) is 64.2 Å². The van der Waals surface area contributed by atoms with Gasteiger partial charge in [0.05, 0.1) is 0 Å². The molecule has 4 nitrogen and oxygen atoms in total. The zero-order valence-electron chi connectivity index (χ0n) is 13.0. The summed E-state index contributed by atoms with van der Waals surface area (Å²) in [6.45, 7) is 2.27. The maximum absolute atomic E-state index is 9.55. The van der Waals surface area contributed by atoms with E-state index in [4.69, 9.17) is 21.8 Å². The molecule has 0 aliphatic heterocycles. The lowest BCUT2D eigenvalue weighted by atomic mass is 10.1. The fourth-order valence-electron chi connectivity index (χ4n) is 1.72. The highest BCUT2D eigenvalue weighted by atomic mass is 35.5. The van der Waals surface area contributed by atoms with E-state index in [0.29, 0.717) is 12.2 Å². The summed E-state index contributed by atoms with van der Waals surface area (Å²) in [7, 11) is 0. The van der Waals surface area contributed by atoms with Crippen molar-refractivity contribution in [2.45, 2.75) is 71.1 Å². The smallest absolute Gasteiger partial charge is 0.328 e. The molecule has 0 aliphatic rings. The summed E-state index contributed by atoms with van der Waals surface area (Å²) in [5.41, 5.74) is 0. The maximum atomic E-state index is 9.55. The van der Waals surface area contributed by atoms with Crippen LogP contribution in [0.3, 0.4) is 0 Å². The van der Waals surface area contributed by atoms with Crippen LogP contribution >= 0.6 is 11.6 Å². The minimum atomic E-state index is -1.26. The van der Waals surface area contributed by atoms with Gasteiger partial charge in [-0.2, -0.15) is 0 Å². The number of alkyl halides is 1. The van der Waals surface area contributed by atoms with Crippen LogP contribution in [0.5, 0.6) is 0 Å². The average molecular weight is 321 g/mol. The molecule has 2 N–H and O–H groups in total. The lowest BCUT2D eigenvalue weighted by Crippen LogP contribution is -1.91. The molecule has 0 fully saturated rings. The molecule has 0 aromatic heterocycles. The Morgan fingerprint density at radius 1 is 0.762 bits per heavy atom. The van der Waals surface area contributed by atoms with Gasteiger partial charge in [-0.25, -0.2) is 9.59 Å². The highest BCUT2D eigenvalue weighted by Crippen LogP contribution is 2.10. The second kappa shape index (κ2) is 19.0. The predicted octanol–water partition coefficient (Wildman–Crippen LogP) is 4.86. The molecular formula is C16H29ClO4. The highest BCUT2D eigenvalue weighted by Gasteiger charge is 1.91. The highest BCUT2D eigenvalue weighted by molar-refractivity contribution is 6.17. The zero-order valence-corrected chi connectivity index (χ0v) is 13.8. The quantitative estimate of drug-likeness (QED) is 0.306. The Morgan fingerprint density at radius 2 is 1.10 bits per heavy atom. The third-order valence-electron chi connectivity index (χ3n) is 2.86. The molecule has 0 aromatic carbocycles. The summed E-state index contributed by atoms with van der Waals surface area (Å²) in [4.78, 5) is 19.1. The van der Waals surface area contributed by atoms with Crippen molar-refractivity contribution in [3.05, 3.63) is 12.2 Å². The minimum absolute atomic E-state index is 0.558. The Balaban J connectivity index is 0. The van der Waals surface area contributed by atoms with Crippen molar-refractivity contribution in [1.82, 2.24) is 0 Å². The van der Waals surface area contributed by atoms with Gasteiger partial charge in [0.25, 0.3) is 0 Å². The van der Waals surface area contributed by atoms with E-state index in [2.05, 4.69) is 6.92 Å². The Bertz CT molecular complexity index is 251. The molecule has 0 rings (SSSR count). The van der Waals surface area contributed by atoms with Gasteiger partial charge in [-0.3, -0.25) is 0 Å². The Hall–Kier alpha value is -1.03. The van der Waals surface area contributed by atoms with Crippen molar-refractivity contribution in [1.29, 1.82) is 0 Å². The van der Waals surface area contributed by atoms with Gasteiger partial charge >= 0.3 is 11.9 Å². The van der Waals surface area contributed by atoms with Gasteiger partial charge in [-0.1, -0.05) is 64.7 Å². The van der Waals surface area contributed by atoms with Gasteiger partial charge < -0.3 is 10.2 Å². The van der Waals surface area contributed by atoms with Crippen LogP contribution in [0.1, 0.15) is 71.1 Å². The van der Waals surface area contributed by atoms with Crippen molar-refractivity contribution in [2.75, 3.05) is 5.88 Å². The van der Waals surface area contributed by atoms with Crippen LogP contribution in [-0.2, 0) is 9.59 Å². The molecule has 0 amide bonds. The summed E-state index contributed by atoms with van der Waals surface area (Å²) in [5, 5.41) is 15.6. The molecule has 0 unspecified atom stereocenters. The predicted molar refractivity (Wildman–Crippen MR) is 87.0 cm³/mol. The van der Waals surface area contributed by atoms with Gasteiger partial charge in [-0.15, -0.1) is 11.6 Å². The number of halogens is 1. The third kappa shape index (κ3) is 28.0. The van der Waals surface area contributed by atoms with Gasteiger partial charge in [0, 0.05) is 18.0 Å². The van der Waals surface area contributed by atoms with Crippen molar-refractivity contribution >= 4 is 23.5 Å². The summed E-state index contributed by atoms with van der Waals surface area (Å²) in [5.74, 6) is -1.67. The van der Waals surface area contributed by atoms with Gasteiger partial charge in [-0.05, 0) is 6.42 Å². The first-order valence-corrected chi connectivity index (χ1v) is 8.28. The average Bonchev–Trinajstić information content (AvgIpc) is 2.44. The van der Waals surface area contributed by atoms with Crippen molar-refractivity contribution < 1.29 is 19.8 Å². The van der Waals surface area contributed by atoms with Gasteiger partial charge in [0.15, 0.2) is 0 Å². The molecule has 5 heteroatoms. The molecule has 0 aromatic rings. The zero-order chi connectivity index (χ0) is 16.3. The lowest BCUT2D eigenvalue weighted by Gasteiger charge is -2.00. The van der Waals surface area contributed by atoms with E-state index in [1.807, 2.05) is 0 Å². The first-order chi connectivity index (χ1) is 10.0. The number of carboxylic acid groups (broad SMARTS) is 2. The standard InChI is InChI=1S/C12H25Cl.C4H4O4/c1-2-3-4-5-6-7-8-9-10-11-12-13;5-3(6)1-2-4(7)8/h2-12H2,1H3;1-2H,(H,5,6)(H,7,8)/b;2-1-. The number of aliphatic carboxylic acids is 2. The Labute approximate surface area is 133 Å². The lowest BCUT2D eigenvalue weighted by molar-refractivity contribution is -0.134. The van der Waals surface area contributed by atoms with E-state index >= 15 is 0 Å². The van der Waals surface area contributed by atoms with Crippen LogP contribution in [0.25, 0.3) is 0 Å². The molecule has 124 valence electrons. The fraction of sp³-hybridized carbons (Fsp3) is 0.750. The summed E-state index contributed by atoms with van der Waals surface area (Å²) < 4.78 is 0. The number of carboxylic acids is 2. The largest absolute Gasteiger partial charge is 0.478 e. The molecule has 21 heavy (non-hydrogen) atoms. The summed E-state index contributed by atoms with van der Waals surface area (Å²) in [6, 6.07) is 0. The van der Waals surface area contributed by atoms with E-state index in [1.54, 1.807) is 0 Å². The van der Waals surface area contributed by atoms with Crippen LogP contribution < -0.4 is 0 Å². The van der Waals surface area contributed by atoms with Crippen LogP contribution in [-0.4, -0.2) is 28.0 Å². The SMILES string of the molecule is CCCCCCCCCCCCCl.O=C(O)/C=C\C(=O)O. The minimum Gasteiger partial charge on any atom is -0.478 e. The summed E-state index contributed by atoms with van der Waals surface area (Å²) >= 11 is 5.60. The van der Waals surface area contributed by atoms with Crippen LogP contribution in [0.2, 0.25) is 0 Å². The van der Waals surface area contributed by atoms with Gasteiger partial charge in [0.1, 0.15) is 0 Å². The topological polar surface area (TPSA) is 74.6 Å². The van der Waals surface area contributed by atoms with Crippen molar-refractivity contribution in [2.24, 2.45) is 0 Å². The molecule has 0 bridgehead atoms. The molecule has 0 aliphatic carbocycles. The monoisotopic (exact) mass is 320 g/mol. The molecule has 0 saturated heterocycles. The summed E-state index contributed by atoms with van der Waals surface area (Å²) in [6.07, 6.45) is 15.0. The maximum Gasteiger partial charge on any atom is 0.328 e. The van der Waals surface area contributed by atoms with Crippen molar-refractivity contribution in [3.8, 4) is 0 Å². The molecule has 0 spiro atoms. The first kappa shape index (κ1) is 22.3. The van der Waals surface area contributed by atoms with E-state index in [-0.39, 0.29) is 0 Å². The number of hydrogen-bond donors (Lipinski definition) is 2. The molecule has 0 heterocycles. The number of rotatable bonds is 12. The van der Waals surface area contributed by atoms with Crippen LogP contribution in [0.15, 0.2) is 12.2 Å². The van der Waals surface area contributed by atoms with Crippen molar-refractivity contribution in [3.63, 3.8) is 0 Å². The number of hydrogen-bond acceptors (Lipinski definition) is 2. The van der Waals surface area contributed by atoms with Gasteiger partial charge in [0.2, 0.25) is 0 Å². The number of carbonyl (C=O) groups is 2. The van der Waals surface area contributed by atoms with E-state index in [0.717, 1.165) is 5.88 Å².